The van der Waals surface area contributed by atoms with Gasteiger partial charge < -0.3 is 5.73 Å². The molecular formula is C6H10N. The molecule has 3 fully saturated rings. The molecule has 0 amide bonds. The summed E-state index contributed by atoms with van der Waals surface area (Å²) in [5.74, 6) is 1.71. The quantitative estimate of drug-likeness (QED) is 0.475. The smallest absolute Gasteiger partial charge is 0.0165 e. The normalized spacial score (nSPS) is 35.6. The summed E-state index contributed by atoms with van der Waals surface area (Å²) in [6.45, 7) is 0. The fourth-order valence-corrected chi connectivity index (χ4v) is 1.72. The Bertz CT molecular complexity index is 86.8. The minimum Gasteiger partial charge on any atom is -0.325 e. The van der Waals surface area contributed by atoms with E-state index in [1.165, 1.54) is 25.7 Å². The van der Waals surface area contributed by atoms with Crippen LogP contribution in [0.25, 0.3) is 0 Å². The van der Waals surface area contributed by atoms with Crippen LogP contribution in [-0.2, 0) is 0 Å². The van der Waals surface area contributed by atoms with Crippen molar-refractivity contribution in [1.82, 2.24) is 0 Å². The fraction of sp³-hybridized carbons (Fsp3) is 0.833. The molecule has 3 aliphatic rings. The molecule has 3 rings (SSSR count). The van der Waals surface area contributed by atoms with Crippen molar-refractivity contribution < 1.29 is 0 Å². The monoisotopic (exact) mass is 96.1 g/mol. The van der Waals surface area contributed by atoms with Crippen LogP contribution in [0.2, 0.25) is 0 Å². The van der Waals surface area contributed by atoms with Crippen molar-refractivity contribution in [1.29, 1.82) is 0 Å². The highest BCUT2D eigenvalue weighted by Crippen LogP contribution is 2.51. The number of nitrogens with two attached hydrogens (primary N) is 1. The molecule has 0 atom stereocenters. The fourth-order valence-electron chi connectivity index (χ4n) is 1.72. The van der Waals surface area contributed by atoms with E-state index < -0.39 is 0 Å². The van der Waals surface area contributed by atoms with E-state index in [4.69, 9.17) is 5.73 Å². The molecule has 2 bridgehead atoms. The summed E-state index contributed by atoms with van der Waals surface area (Å²) >= 11 is 0. The summed E-state index contributed by atoms with van der Waals surface area (Å²) in [5, 5.41) is 0. The standard InChI is InChI=1S/C6H10N/c7-6-2-1-5(3-6)4-6/h1-4,7H2. The number of rotatable bonds is 0. The van der Waals surface area contributed by atoms with Gasteiger partial charge in [-0.1, -0.05) is 0 Å². The van der Waals surface area contributed by atoms with Crippen molar-refractivity contribution in [3.8, 4) is 0 Å². The van der Waals surface area contributed by atoms with Crippen molar-refractivity contribution in [2.45, 2.75) is 31.2 Å². The first-order valence-electron chi connectivity index (χ1n) is 2.91. The number of hydrogen-bond acceptors (Lipinski definition) is 1. The van der Waals surface area contributed by atoms with Crippen molar-refractivity contribution in [2.24, 2.45) is 5.73 Å². The summed E-state index contributed by atoms with van der Waals surface area (Å²) < 4.78 is 0. The highest BCUT2D eigenvalue weighted by Gasteiger charge is 2.47. The Morgan fingerprint density at radius 2 is 2.14 bits per heavy atom. The average molecular weight is 96.2 g/mol. The molecule has 0 aliphatic heterocycles. The first kappa shape index (κ1) is 3.90. The summed E-state index contributed by atoms with van der Waals surface area (Å²) in [4.78, 5) is 0. The van der Waals surface area contributed by atoms with E-state index in [-0.39, 0.29) is 0 Å². The zero-order valence-corrected chi connectivity index (χ0v) is 4.41. The van der Waals surface area contributed by atoms with Gasteiger partial charge in [0.15, 0.2) is 0 Å². The molecule has 1 nitrogen and oxygen atoms in total. The van der Waals surface area contributed by atoms with Gasteiger partial charge in [-0.15, -0.1) is 0 Å². The lowest BCUT2D eigenvalue weighted by Gasteiger charge is -2.33. The van der Waals surface area contributed by atoms with Crippen LogP contribution in [0.1, 0.15) is 25.7 Å². The Hall–Kier alpha value is -0.0400. The van der Waals surface area contributed by atoms with Gasteiger partial charge >= 0.3 is 0 Å². The highest BCUT2D eigenvalue weighted by molar-refractivity contribution is 5.22. The van der Waals surface area contributed by atoms with E-state index in [0.717, 1.165) is 0 Å². The Balaban J connectivity index is 2.20. The Kier molecular flexibility index (Phi) is 0.487. The maximum absolute atomic E-state index is 5.82. The second-order valence-electron chi connectivity index (χ2n) is 2.97. The van der Waals surface area contributed by atoms with Gasteiger partial charge in [0.2, 0.25) is 0 Å². The second kappa shape index (κ2) is 0.873. The van der Waals surface area contributed by atoms with Gasteiger partial charge in [-0.25, -0.2) is 0 Å². The Labute approximate surface area is 43.9 Å². The van der Waals surface area contributed by atoms with Gasteiger partial charge in [-0.2, -0.15) is 0 Å². The van der Waals surface area contributed by atoms with Crippen LogP contribution < -0.4 is 5.73 Å². The molecule has 1 radical (unpaired) electrons. The van der Waals surface area contributed by atoms with Crippen molar-refractivity contribution >= 4 is 0 Å². The second-order valence-corrected chi connectivity index (χ2v) is 2.97. The summed E-state index contributed by atoms with van der Waals surface area (Å²) in [7, 11) is 0. The lowest BCUT2D eigenvalue weighted by Crippen LogP contribution is -2.43. The predicted octanol–water partition coefficient (Wildman–Crippen LogP) is 0.846. The summed E-state index contributed by atoms with van der Waals surface area (Å²) in [5.41, 5.74) is 6.12. The van der Waals surface area contributed by atoms with Gasteiger partial charge in [0, 0.05) is 5.54 Å². The maximum atomic E-state index is 5.82. The van der Waals surface area contributed by atoms with Crippen molar-refractivity contribution in [3.63, 3.8) is 0 Å². The summed E-state index contributed by atoms with van der Waals surface area (Å²) in [6, 6.07) is 0. The molecule has 2 N–H and O–H groups in total. The van der Waals surface area contributed by atoms with E-state index >= 15 is 0 Å². The van der Waals surface area contributed by atoms with Crippen molar-refractivity contribution in [3.05, 3.63) is 5.92 Å². The van der Waals surface area contributed by atoms with E-state index in [1.54, 1.807) is 5.92 Å². The molecule has 0 spiro atoms. The van der Waals surface area contributed by atoms with Crippen LogP contribution in [0.5, 0.6) is 0 Å². The van der Waals surface area contributed by atoms with Gasteiger partial charge in [0.1, 0.15) is 0 Å². The number of fused-ring (bicyclic) bond motifs is 1. The minimum absolute atomic E-state index is 0.301. The van der Waals surface area contributed by atoms with Gasteiger partial charge in [0.05, 0.1) is 0 Å². The molecule has 3 aliphatic carbocycles. The first-order chi connectivity index (χ1) is 3.29. The SMILES string of the molecule is NC12CC[C](C1)C2. The van der Waals surface area contributed by atoms with Gasteiger partial charge in [-0.3, -0.25) is 0 Å². The molecule has 3 saturated carbocycles. The predicted molar refractivity (Wildman–Crippen MR) is 28.6 cm³/mol. The highest BCUT2D eigenvalue weighted by atomic mass is 14.8. The average Bonchev–Trinajstić information content (AvgIpc) is 1.88. The maximum Gasteiger partial charge on any atom is 0.0165 e. The van der Waals surface area contributed by atoms with E-state index in [1.807, 2.05) is 0 Å². The molecule has 0 aromatic rings. The topological polar surface area (TPSA) is 26.0 Å². The molecular weight excluding hydrogens is 86.1 g/mol. The third-order valence-electron chi connectivity index (χ3n) is 2.18. The molecule has 0 unspecified atom stereocenters. The molecule has 0 saturated heterocycles. The molecule has 0 aromatic carbocycles. The third-order valence-corrected chi connectivity index (χ3v) is 2.18. The van der Waals surface area contributed by atoms with Crippen LogP contribution in [0.4, 0.5) is 0 Å². The Morgan fingerprint density at radius 3 is 2.29 bits per heavy atom. The number of hydrogen-bond donors (Lipinski definition) is 1. The van der Waals surface area contributed by atoms with Gasteiger partial charge in [0.25, 0.3) is 0 Å². The first-order valence-corrected chi connectivity index (χ1v) is 2.91. The zero-order chi connectivity index (χ0) is 4.91. The Morgan fingerprint density at radius 1 is 1.43 bits per heavy atom. The van der Waals surface area contributed by atoms with Crippen LogP contribution in [0.3, 0.4) is 0 Å². The van der Waals surface area contributed by atoms with Crippen LogP contribution in [0, 0.1) is 5.92 Å². The van der Waals surface area contributed by atoms with Crippen LogP contribution in [0.15, 0.2) is 0 Å². The van der Waals surface area contributed by atoms with Crippen LogP contribution >= 0.6 is 0 Å². The van der Waals surface area contributed by atoms with E-state index in [0.29, 0.717) is 5.54 Å². The molecule has 39 valence electrons. The van der Waals surface area contributed by atoms with Gasteiger partial charge in [-0.05, 0) is 31.6 Å². The van der Waals surface area contributed by atoms with Crippen LogP contribution in [-0.4, -0.2) is 5.54 Å². The zero-order valence-electron chi connectivity index (χ0n) is 4.41. The minimum atomic E-state index is 0.301. The lowest BCUT2D eigenvalue weighted by atomic mass is 9.78. The summed E-state index contributed by atoms with van der Waals surface area (Å²) in [6.07, 6.45) is 5.08. The third kappa shape index (κ3) is 0.367. The lowest BCUT2D eigenvalue weighted by molar-refractivity contribution is 0.361. The molecule has 0 aromatic heterocycles. The van der Waals surface area contributed by atoms with Crippen molar-refractivity contribution in [2.75, 3.05) is 0 Å². The van der Waals surface area contributed by atoms with E-state index in [2.05, 4.69) is 0 Å². The molecule has 0 heterocycles. The molecule has 7 heavy (non-hydrogen) atoms. The van der Waals surface area contributed by atoms with E-state index in [9.17, 15) is 0 Å². The molecule has 1 heteroatoms. The largest absolute Gasteiger partial charge is 0.325 e.